The maximum Gasteiger partial charge on any atom is 0.133 e. The molecule has 0 aliphatic heterocycles. The third-order valence-electron chi connectivity index (χ3n) is 2.06. The van der Waals surface area contributed by atoms with Gasteiger partial charge < -0.3 is 5.11 Å². The average molecular weight is 210 g/mol. The third kappa shape index (κ3) is 1.42. The molecule has 2 rings (SSSR count). The number of nitrogens with zero attached hydrogens (tertiary/aromatic N) is 4. The Morgan fingerprint density at radius 3 is 2.86 bits per heavy atom. The molecule has 0 spiro atoms. The number of rotatable bonds is 2. The summed E-state index contributed by atoms with van der Waals surface area (Å²) in [4.78, 5) is 4.93. The molecule has 2 aromatic heterocycles. The lowest BCUT2D eigenvalue weighted by Gasteiger charge is -2.08. The zero-order valence-electron chi connectivity index (χ0n) is 7.88. The Bertz CT molecular complexity index is 396. The summed E-state index contributed by atoms with van der Waals surface area (Å²) in [5.74, 6) is 0. The highest BCUT2D eigenvalue weighted by Gasteiger charge is 2.18. The minimum absolute atomic E-state index is 0.678. The van der Waals surface area contributed by atoms with Gasteiger partial charge in [-0.3, -0.25) is 0 Å². The van der Waals surface area contributed by atoms with Crippen molar-refractivity contribution in [2.75, 3.05) is 0 Å². The number of aliphatic hydroxyl groups is 1. The molecule has 1 N–H and O–H groups in total. The summed E-state index contributed by atoms with van der Waals surface area (Å²) < 4.78 is 1.56. The van der Waals surface area contributed by atoms with Crippen molar-refractivity contribution in [1.82, 2.24) is 20.0 Å². The van der Waals surface area contributed by atoms with Crippen LogP contribution in [0.2, 0.25) is 0 Å². The predicted octanol–water partition coefficient (Wildman–Crippen LogP) is 0.662. The number of aromatic nitrogens is 4. The van der Waals surface area contributed by atoms with Crippen molar-refractivity contribution < 1.29 is 5.11 Å². The van der Waals surface area contributed by atoms with Gasteiger partial charge in [-0.2, -0.15) is 0 Å². The molecule has 0 saturated carbocycles. The summed E-state index contributed by atoms with van der Waals surface area (Å²) in [6.07, 6.45) is 0.881. The molecule has 0 fully saturated rings. The second kappa shape index (κ2) is 3.47. The van der Waals surface area contributed by atoms with Gasteiger partial charge >= 0.3 is 0 Å². The molecular weight excluding hydrogens is 200 g/mol. The smallest absolute Gasteiger partial charge is 0.133 e. The Balaban J connectivity index is 2.38. The minimum atomic E-state index is -0.678. The topological polar surface area (TPSA) is 63.8 Å². The molecule has 2 aromatic rings. The molecule has 74 valence electrons. The second-order valence-corrected chi connectivity index (χ2v) is 3.87. The molecule has 0 bridgehead atoms. The standard InChI is InChI=1S/C8H10N4OS/c1-5-8(14-4-9-5)7(13)6-3-10-11-12(6)2/h3-4,7,13H,1-2H3. The quantitative estimate of drug-likeness (QED) is 0.791. The van der Waals surface area contributed by atoms with E-state index in [4.69, 9.17) is 0 Å². The highest BCUT2D eigenvalue weighted by atomic mass is 32.1. The van der Waals surface area contributed by atoms with Crippen LogP contribution in [0, 0.1) is 6.92 Å². The van der Waals surface area contributed by atoms with Crippen LogP contribution in [0.3, 0.4) is 0 Å². The Morgan fingerprint density at radius 1 is 1.57 bits per heavy atom. The maximum absolute atomic E-state index is 10.0. The van der Waals surface area contributed by atoms with E-state index in [1.54, 1.807) is 23.4 Å². The summed E-state index contributed by atoms with van der Waals surface area (Å²) >= 11 is 1.43. The van der Waals surface area contributed by atoms with E-state index in [2.05, 4.69) is 15.3 Å². The van der Waals surface area contributed by atoms with Crippen LogP contribution in [0.4, 0.5) is 0 Å². The second-order valence-electron chi connectivity index (χ2n) is 2.99. The van der Waals surface area contributed by atoms with Crippen LogP contribution in [-0.2, 0) is 7.05 Å². The summed E-state index contributed by atoms with van der Waals surface area (Å²) in [6, 6.07) is 0. The van der Waals surface area contributed by atoms with E-state index in [1.807, 2.05) is 6.92 Å². The number of aliphatic hydroxyl groups excluding tert-OH is 1. The first kappa shape index (κ1) is 9.29. The number of aryl methyl sites for hydroxylation is 2. The molecule has 2 heterocycles. The van der Waals surface area contributed by atoms with Crippen molar-refractivity contribution in [2.24, 2.45) is 7.05 Å². The van der Waals surface area contributed by atoms with Crippen molar-refractivity contribution in [3.05, 3.63) is 28.0 Å². The van der Waals surface area contributed by atoms with Crippen LogP contribution in [-0.4, -0.2) is 25.1 Å². The van der Waals surface area contributed by atoms with Crippen molar-refractivity contribution in [3.63, 3.8) is 0 Å². The first-order chi connectivity index (χ1) is 6.70. The molecule has 0 aromatic carbocycles. The number of hydrogen-bond acceptors (Lipinski definition) is 5. The van der Waals surface area contributed by atoms with Gasteiger partial charge in [-0.25, -0.2) is 9.67 Å². The molecule has 0 amide bonds. The Labute approximate surface area is 85.0 Å². The van der Waals surface area contributed by atoms with Gasteiger partial charge in [0.2, 0.25) is 0 Å². The lowest BCUT2D eigenvalue weighted by Crippen LogP contribution is -2.06. The van der Waals surface area contributed by atoms with Gasteiger partial charge in [0.15, 0.2) is 0 Å². The van der Waals surface area contributed by atoms with E-state index in [9.17, 15) is 5.11 Å². The predicted molar refractivity (Wildman–Crippen MR) is 51.9 cm³/mol. The van der Waals surface area contributed by atoms with Gasteiger partial charge in [0.1, 0.15) is 6.10 Å². The van der Waals surface area contributed by atoms with E-state index in [0.29, 0.717) is 5.69 Å². The molecule has 0 aliphatic carbocycles. The summed E-state index contributed by atoms with van der Waals surface area (Å²) in [7, 11) is 1.75. The largest absolute Gasteiger partial charge is 0.381 e. The molecule has 6 heteroatoms. The van der Waals surface area contributed by atoms with Gasteiger partial charge in [0.05, 0.1) is 28.0 Å². The van der Waals surface area contributed by atoms with E-state index < -0.39 is 6.10 Å². The van der Waals surface area contributed by atoms with Crippen LogP contribution >= 0.6 is 11.3 Å². The molecule has 5 nitrogen and oxygen atoms in total. The monoisotopic (exact) mass is 210 g/mol. The van der Waals surface area contributed by atoms with Crippen molar-refractivity contribution >= 4 is 11.3 Å². The van der Waals surface area contributed by atoms with Crippen molar-refractivity contribution in [3.8, 4) is 0 Å². The maximum atomic E-state index is 10.0. The van der Waals surface area contributed by atoms with Crippen LogP contribution in [0.1, 0.15) is 22.4 Å². The number of hydrogen-bond donors (Lipinski definition) is 1. The van der Waals surface area contributed by atoms with Crippen molar-refractivity contribution in [2.45, 2.75) is 13.0 Å². The first-order valence-corrected chi connectivity index (χ1v) is 5.00. The van der Waals surface area contributed by atoms with Gasteiger partial charge in [-0.15, -0.1) is 16.4 Å². The van der Waals surface area contributed by atoms with Gasteiger partial charge in [0.25, 0.3) is 0 Å². The molecule has 0 radical (unpaired) electrons. The summed E-state index contributed by atoms with van der Waals surface area (Å²) in [5.41, 5.74) is 3.25. The van der Waals surface area contributed by atoms with E-state index in [1.165, 1.54) is 11.3 Å². The van der Waals surface area contributed by atoms with E-state index in [-0.39, 0.29) is 0 Å². The minimum Gasteiger partial charge on any atom is -0.381 e. The van der Waals surface area contributed by atoms with Gasteiger partial charge in [0, 0.05) is 7.05 Å². The lowest BCUT2D eigenvalue weighted by atomic mass is 10.2. The fraction of sp³-hybridized carbons (Fsp3) is 0.375. The molecule has 0 aliphatic rings. The molecule has 14 heavy (non-hydrogen) atoms. The van der Waals surface area contributed by atoms with Gasteiger partial charge in [-0.05, 0) is 6.92 Å². The first-order valence-electron chi connectivity index (χ1n) is 4.12. The van der Waals surface area contributed by atoms with Crippen LogP contribution < -0.4 is 0 Å². The average Bonchev–Trinajstić information content (AvgIpc) is 2.73. The van der Waals surface area contributed by atoms with Crippen molar-refractivity contribution in [1.29, 1.82) is 0 Å². The third-order valence-corrected chi connectivity index (χ3v) is 3.04. The normalized spacial score (nSPS) is 13.1. The summed E-state index contributed by atoms with van der Waals surface area (Å²) in [6.45, 7) is 1.87. The highest BCUT2D eigenvalue weighted by molar-refractivity contribution is 7.09. The highest BCUT2D eigenvalue weighted by Crippen LogP contribution is 2.26. The van der Waals surface area contributed by atoms with Crippen LogP contribution in [0.5, 0.6) is 0 Å². The summed E-state index contributed by atoms with van der Waals surface area (Å²) in [5, 5.41) is 17.5. The zero-order chi connectivity index (χ0) is 10.1. The molecule has 1 unspecified atom stereocenters. The number of thiazole rings is 1. The Morgan fingerprint density at radius 2 is 2.36 bits per heavy atom. The zero-order valence-corrected chi connectivity index (χ0v) is 8.69. The Kier molecular flexibility index (Phi) is 2.30. The van der Waals surface area contributed by atoms with E-state index in [0.717, 1.165) is 10.6 Å². The van der Waals surface area contributed by atoms with Crippen LogP contribution in [0.15, 0.2) is 11.7 Å². The fourth-order valence-electron chi connectivity index (χ4n) is 1.25. The van der Waals surface area contributed by atoms with Crippen LogP contribution in [0.25, 0.3) is 0 Å². The Hall–Kier alpha value is -1.27. The fourth-order valence-corrected chi connectivity index (χ4v) is 2.05. The molecular formula is C8H10N4OS. The van der Waals surface area contributed by atoms with E-state index >= 15 is 0 Å². The molecule has 1 atom stereocenters. The SMILES string of the molecule is Cc1ncsc1C(O)c1cnnn1C. The lowest BCUT2D eigenvalue weighted by molar-refractivity contribution is 0.212. The molecule has 0 saturated heterocycles. The van der Waals surface area contributed by atoms with Gasteiger partial charge in [-0.1, -0.05) is 5.21 Å².